The van der Waals surface area contributed by atoms with E-state index in [1.807, 2.05) is 0 Å². The summed E-state index contributed by atoms with van der Waals surface area (Å²) in [4.78, 5) is 34.1. The molecule has 8 nitrogen and oxygen atoms in total. The molecule has 2 N–H and O–H groups in total. The Morgan fingerprint density at radius 3 is 2.60 bits per heavy atom. The summed E-state index contributed by atoms with van der Waals surface area (Å²) >= 11 is 0. The second kappa shape index (κ2) is 5.16. The minimum absolute atomic E-state index is 0.0964. The number of likely N-dealkylation sites (tertiary alicyclic amines) is 1. The second-order valence-electron chi connectivity index (χ2n) is 4.54. The van der Waals surface area contributed by atoms with Crippen molar-refractivity contribution in [3.05, 3.63) is 33.9 Å². The van der Waals surface area contributed by atoms with Crippen molar-refractivity contribution in [1.29, 1.82) is 0 Å². The lowest BCUT2D eigenvalue weighted by Gasteiger charge is -2.15. The number of hydrogen-bond donors (Lipinski definition) is 2. The van der Waals surface area contributed by atoms with Gasteiger partial charge in [0, 0.05) is 24.7 Å². The average molecular weight is 280 g/mol. The maximum Gasteiger partial charge on any atom is 0.310 e. The number of carboxylic acids is 1. The number of nitro groups is 1. The van der Waals surface area contributed by atoms with Crippen molar-refractivity contribution < 1.29 is 24.7 Å². The summed E-state index contributed by atoms with van der Waals surface area (Å²) in [6.07, 6.45) is 0.375. The Kier molecular flexibility index (Phi) is 3.55. The van der Waals surface area contributed by atoms with E-state index in [2.05, 4.69) is 0 Å². The van der Waals surface area contributed by atoms with Gasteiger partial charge < -0.3 is 15.1 Å². The maximum atomic E-state index is 12.1. The zero-order chi connectivity index (χ0) is 14.9. The quantitative estimate of drug-likeness (QED) is 0.625. The van der Waals surface area contributed by atoms with Gasteiger partial charge in [0.05, 0.1) is 10.8 Å². The zero-order valence-electron chi connectivity index (χ0n) is 10.4. The van der Waals surface area contributed by atoms with Crippen LogP contribution in [0.1, 0.15) is 16.8 Å². The van der Waals surface area contributed by atoms with Crippen molar-refractivity contribution in [3.8, 4) is 5.75 Å². The van der Waals surface area contributed by atoms with Crippen molar-refractivity contribution in [1.82, 2.24) is 4.90 Å². The number of carboxylic acid groups (broad SMARTS) is 1. The number of phenols is 1. The van der Waals surface area contributed by atoms with Crippen LogP contribution < -0.4 is 0 Å². The molecule has 106 valence electrons. The standard InChI is InChI=1S/C12H12N2O6/c15-10-5-7(1-2-9(10)14(19)20)11(16)13-4-3-8(6-13)12(17)18/h1-2,5,8,15H,3-4,6H2,(H,17,18). The Hall–Kier alpha value is -2.64. The Morgan fingerprint density at radius 1 is 1.40 bits per heavy atom. The predicted molar refractivity (Wildman–Crippen MR) is 66.4 cm³/mol. The van der Waals surface area contributed by atoms with Crippen LogP contribution in [0.4, 0.5) is 5.69 Å². The van der Waals surface area contributed by atoms with Gasteiger partial charge in [0.2, 0.25) is 0 Å². The highest BCUT2D eigenvalue weighted by atomic mass is 16.6. The number of carbonyl (C=O) groups is 2. The molecule has 1 unspecified atom stereocenters. The zero-order valence-corrected chi connectivity index (χ0v) is 10.4. The highest BCUT2D eigenvalue weighted by Gasteiger charge is 2.31. The average Bonchev–Trinajstić information content (AvgIpc) is 2.87. The van der Waals surface area contributed by atoms with Gasteiger partial charge in [-0.15, -0.1) is 0 Å². The van der Waals surface area contributed by atoms with Crippen LogP contribution in [0.3, 0.4) is 0 Å². The van der Waals surface area contributed by atoms with E-state index in [-0.39, 0.29) is 12.1 Å². The van der Waals surface area contributed by atoms with Crippen molar-refractivity contribution in [2.45, 2.75) is 6.42 Å². The molecule has 1 atom stereocenters. The van der Waals surface area contributed by atoms with Crippen LogP contribution in [-0.4, -0.2) is 45.0 Å². The fraction of sp³-hybridized carbons (Fsp3) is 0.333. The molecule has 0 aromatic heterocycles. The second-order valence-corrected chi connectivity index (χ2v) is 4.54. The van der Waals surface area contributed by atoms with Gasteiger partial charge in [-0.25, -0.2) is 0 Å². The summed E-state index contributed by atoms with van der Waals surface area (Å²) in [6.45, 7) is 0.416. The third-order valence-electron chi connectivity index (χ3n) is 3.24. The van der Waals surface area contributed by atoms with E-state index in [4.69, 9.17) is 5.11 Å². The lowest BCUT2D eigenvalue weighted by molar-refractivity contribution is -0.385. The molecule has 1 amide bonds. The summed E-state index contributed by atoms with van der Waals surface area (Å²) in [7, 11) is 0. The van der Waals surface area contributed by atoms with Crippen molar-refractivity contribution >= 4 is 17.6 Å². The number of aromatic hydroxyl groups is 1. The molecular weight excluding hydrogens is 268 g/mol. The first-order chi connectivity index (χ1) is 9.40. The number of rotatable bonds is 3. The molecule has 20 heavy (non-hydrogen) atoms. The number of aliphatic carboxylic acids is 1. The van der Waals surface area contributed by atoms with Gasteiger partial charge in [-0.3, -0.25) is 19.7 Å². The van der Waals surface area contributed by atoms with Crippen molar-refractivity contribution in [3.63, 3.8) is 0 Å². The minimum atomic E-state index is -0.952. The van der Waals surface area contributed by atoms with E-state index in [9.17, 15) is 24.8 Å². The van der Waals surface area contributed by atoms with E-state index in [0.29, 0.717) is 13.0 Å². The van der Waals surface area contributed by atoms with Crippen LogP contribution in [-0.2, 0) is 4.79 Å². The maximum absolute atomic E-state index is 12.1. The van der Waals surface area contributed by atoms with Gasteiger partial charge in [-0.1, -0.05) is 0 Å². The van der Waals surface area contributed by atoms with E-state index >= 15 is 0 Å². The molecule has 0 bridgehead atoms. The number of carbonyl (C=O) groups excluding carboxylic acids is 1. The summed E-state index contributed by atoms with van der Waals surface area (Å²) in [5.74, 6) is -2.58. The Bertz CT molecular complexity index is 585. The lowest BCUT2D eigenvalue weighted by atomic mass is 10.1. The molecule has 0 spiro atoms. The topological polar surface area (TPSA) is 121 Å². The van der Waals surface area contributed by atoms with Crippen molar-refractivity contribution in [2.24, 2.45) is 5.92 Å². The van der Waals surface area contributed by atoms with E-state index in [1.165, 1.54) is 11.0 Å². The molecule has 1 fully saturated rings. The fourth-order valence-electron chi connectivity index (χ4n) is 2.14. The number of nitrogens with zero attached hydrogens (tertiary/aromatic N) is 2. The first-order valence-electron chi connectivity index (χ1n) is 5.89. The minimum Gasteiger partial charge on any atom is -0.502 e. The molecule has 1 aromatic carbocycles. The SMILES string of the molecule is O=C(O)C1CCN(C(=O)c2ccc([N+](=O)[O-])c(O)c2)C1. The van der Waals surface area contributed by atoms with Crippen molar-refractivity contribution in [2.75, 3.05) is 13.1 Å². The fourth-order valence-corrected chi connectivity index (χ4v) is 2.14. The molecule has 1 aliphatic rings. The number of amides is 1. The van der Waals surface area contributed by atoms with Gasteiger partial charge in [0.1, 0.15) is 0 Å². The monoisotopic (exact) mass is 280 g/mol. The molecule has 1 aliphatic heterocycles. The molecule has 2 rings (SSSR count). The van der Waals surface area contributed by atoms with Crippen LogP contribution in [0.25, 0.3) is 0 Å². The molecule has 0 radical (unpaired) electrons. The van der Waals surface area contributed by atoms with Gasteiger partial charge in [0.25, 0.3) is 5.91 Å². The van der Waals surface area contributed by atoms with E-state index in [1.54, 1.807) is 0 Å². The Morgan fingerprint density at radius 2 is 2.10 bits per heavy atom. The van der Waals surface area contributed by atoms with E-state index in [0.717, 1.165) is 12.1 Å². The number of benzene rings is 1. The number of phenolic OH excluding ortho intramolecular Hbond substituents is 1. The van der Waals surface area contributed by atoms with Crippen LogP contribution in [0.2, 0.25) is 0 Å². The Labute approximate surface area is 113 Å². The van der Waals surface area contributed by atoms with Gasteiger partial charge in [0.15, 0.2) is 5.75 Å². The van der Waals surface area contributed by atoms with Gasteiger partial charge in [-0.05, 0) is 18.6 Å². The molecule has 1 saturated heterocycles. The molecule has 8 heteroatoms. The first-order valence-corrected chi connectivity index (χ1v) is 5.89. The summed E-state index contributed by atoms with van der Waals surface area (Å²) in [6, 6.07) is 3.32. The summed E-state index contributed by atoms with van der Waals surface area (Å²) in [5, 5.41) is 28.9. The van der Waals surface area contributed by atoms with Crippen LogP contribution >= 0.6 is 0 Å². The van der Waals surface area contributed by atoms with Gasteiger partial charge in [-0.2, -0.15) is 0 Å². The smallest absolute Gasteiger partial charge is 0.310 e. The number of hydrogen-bond acceptors (Lipinski definition) is 5. The van der Waals surface area contributed by atoms with Crippen LogP contribution in [0.15, 0.2) is 18.2 Å². The van der Waals surface area contributed by atoms with E-state index < -0.39 is 34.2 Å². The third-order valence-corrected chi connectivity index (χ3v) is 3.24. The first kappa shape index (κ1) is 13.8. The summed E-state index contributed by atoms with van der Waals surface area (Å²) in [5.41, 5.74) is -0.384. The van der Waals surface area contributed by atoms with Crippen LogP contribution in [0, 0.1) is 16.0 Å². The highest BCUT2D eigenvalue weighted by Crippen LogP contribution is 2.27. The number of nitro benzene ring substituents is 1. The Balaban J connectivity index is 2.16. The molecule has 0 aliphatic carbocycles. The molecule has 1 heterocycles. The molecule has 1 aromatic rings. The lowest BCUT2D eigenvalue weighted by Crippen LogP contribution is -2.29. The normalized spacial score (nSPS) is 18.0. The molecular formula is C12H12N2O6. The van der Waals surface area contributed by atoms with Gasteiger partial charge >= 0.3 is 11.7 Å². The largest absolute Gasteiger partial charge is 0.502 e. The summed E-state index contributed by atoms with van der Waals surface area (Å²) < 4.78 is 0. The predicted octanol–water partition coefficient (Wildman–Crippen LogP) is 0.847. The third kappa shape index (κ3) is 2.53. The molecule has 0 saturated carbocycles. The van der Waals surface area contributed by atoms with Crippen LogP contribution in [0.5, 0.6) is 5.75 Å². The highest BCUT2D eigenvalue weighted by molar-refractivity contribution is 5.95.